The van der Waals surface area contributed by atoms with Crippen molar-refractivity contribution in [3.8, 4) is 11.8 Å². The van der Waals surface area contributed by atoms with Crippen molar-refractivity contribution in [1.29, 1.82) is 0 Å². The summed E-state index contributed by atoms with van der Waals surface area (Å²) in [5, 5.41) is 2.70. The van der Waals surface area contributed by atoms with Gasteiger partial charge >= 0.3 is 0 Å². The number of nitrogens with one attached hydrogen (secondary N) is 1. The van der Waals surface area contributed by atoms with E-state index in [0.717, 1.165) is 37.4 Å². The molecule has 0 bridgehead atoms. The zero-order chi connectivity index (χ0) is 15.2. The molecule has 1 aliphatic rings. The molecule has 1 fully saturated rings. The van der Waals surface area contributed by atoms with Crippen LogP contribution >= 0.6 is 0 Å². The van der Waals surface area contributed by atoms with E-state index in [1.54, 1.807) is 13.0 Å². The number of likely N-dealkylation sites (N-methyl/N-ethyl adjacent to an activating group) is 1. The molecule has 0 spiro atoms. The Morgan fingerprint density at radius 3 is 2.71 bits per heavy atom. The Labute approximate surface area is 124 Å². The molecule has 0 saturated carbocycles. The number of carbonyl (C=O) groups excluding carboxylic acids is 1. The number of halogens is 1. The lowest BCUT2D eigenvalue weighted by Crippen LogP contribution is -2.45. The molecule has 0 unspecified atom stereocenters. The fourth-order valence-electron chi connectivity index (χ4n) is 2.38. The summed E-state index contributed by atoms with van der Waals surface area (Å²) in [6.45, 7) is 5.65. The van der Waals surface area contributed by atoms with E-state index in [0.29, 0.717) is 0 Å². The van der Waals surface area contributed by atoms with E-state index >= 15 is 0 Å². The summed E-state index contributed by atoms with van der Waals surface area (Å²) < 4.78 is 13.5. The molecule has 1 aromatic carbocycles. The summed E-state index contributed by atoms with van der Waals surface area (Å²) in [7, 11) is 2.09. The SMILES string of the molecule is CC#CC(=O)NCc1cc(F)ccc1N1CCN(C)CC1. The van der Waals surface area contributed by atoms with Crippen molar-refractivity contribution in [2.75, 3.05) is 38.1 Å². The quantitative estimate of drug-likeness (QED) is 0.850. The molecular formula is C16H20FN3O. The first-order chi connectivity index (χ1) is 10.1. The monoisotopic (exact) mass is 289 g/mol. The first-order valence-corrected chi connectivity index (χ1v) is 7.02. The van der Waals surface area contributed by atoms with Crippen molar-refractivity contribution in [3.63, 3.8) is 0 Å². The maximum Gasteiger partial charge on any atom is 0.296 e. The van der Waals surface area contributed by atoms with Gasteiger partial charge in [0.2, 0.25) is 0 Å². The lowest BCUT2D eigenvalue weighted by molar-refractivity contribution is -0.115. The smallest absolute Gasteiger partial charge is 0.296 e. The summed E-state index contributed by atoms with van der Waals surface area (Å²) >= 11 is 0. The number of rotatable bonds is 3. The summed E-state index contributed by atoms with van der Waals surface area (Å²) in [6, 6.07) is 4.73. The standard InChI is InChI=1S/C16H20FN3O/c1-3-4-16(21)18-12-13-11-14(17)5-6-15(13)20-9-7-19(2)8-10-20/h5-6,11H,7-10,12H2,1-2H3,(H,18,21). The van der Waals surface area contributed by atoms with E-state index in [-0.39, 0.29) is 18.3 Å². The van der Waals surface area contributed by atoms with Crippen molar-refractivity contribution in [3.05, 3.63) is 29.6 Å². The van der Waals surface area contributed by atoms with Crippen LogP contribution in [0, 0.1) is 17.7 Å². The molecule has 1 amide bonds. The van der Waals surface area contributed by atoms with Gasteiger partial charge in [0.1, 0.15) is 5.82 Å². The molecule has 1 aromatic rings. The number of amides is 1. The van der Waals surface area contributed by atoms with E-state index in [1.807, 2.05) is 0 Å². The maximum atomic E-state index is 13.5. The fraction of sp³-hybridized carbons (Fsp3) is 0.438. The minimum absolute atomic E-state index is 0.285. The lowest BCUT2D eigenvalue weighted by Gasteiger charge is -2.35. The van der Waals surface area contributed by atoms with Crippen molar-refractivity contribution >= 4 is 11.6 Å². The average molecular weight is 289 g/mol. The second kappa shape index (κ2) is 7.09. The Hall–Kier alpha value is -2.06. The first kappa shape index (κ1) is 15.3. The van der Waals surface area contributed by atoms with E-state index in [9.17, 15) is 9.18 Å². The average Bonchev–Trinajstić information content (AvgIpc) is 2.47. The third-order valence-electron chi connectivity index (χ3n) is 3.56. The van der Waals surface area contributed by atoms with Gasteiger partial charge in [-0.3, -0.25) is 4.79 Å². The zero-order valence-corrected chi connectivity index (χ0v) is 12.4. The van der Waals surface area contributed by atoms with Gasteiger partial charge in [-0.2, -0.15) is 0 Å². The van der Waals surface area contributed by atoms with Gasteiger partial charge < -0.3 is 15.1 Å². The van der Waals surface area contributed by atoms with Crippen LogP contribution in [0.25, 0.3) is 0 Å². The van der Waals surface area contributed by atoms with Gasteiger partial charge in [-0.05, 0) is 43.7 Å². The molecule has 4 nitrogen and oxygen atoms in total. The van der Waals surface area contributed by atoms with Crippen LogP contribution < -0.4 is 10.2 Å². The number of piperazine rings is 1. The Morgan fingerprint density at radius 1 is 1.33 bits per heavy atom. The molecule has 0 aromatic heterocycles. The van der Waals surface area contributed by atoms with Gasteiger partial charge in [-0.15, -0.1) is 0 Å². The van der Waals surface area contributed by atoms with Crippen LogP contribution in [0.1, 0.15) is 12.5 Å². The Kier molecular flexibility index (Phi) is 5.18. The topological polar surface area (TPSA) is 35.6 Å². The van der Waals surface area contributed by atoms with Crippen molar-refractivity contribution in [2.45, 2.75) is 13.5 Å². The molecule has 21 heavy (non-hydrogen) atoms. The molecular weight excluding hydrogens is 269 g/mol. The number of nitrogens with zero attached hydrogens (tertiary/aromatic N) is 2. The molecule has 1 aliphatic heterocycles. The van der Waals surface area contributed by atoms with Crippen molar-refractivity contribution in [1.82, 2.24) is 10.2 Å². The van der Waals surface area contributed by atoms with Gasteiger partial charge in [0.25, 0.3) is 5.91 Å². The maximum absolute atomic E-state index is 13.5. The van der Waals surface area contributed by atoms with E-state index in [1.165, 1.54) is 12.1 Å². The van der Waals surface area contributed by atoms with Gasteiger partial charge in [0, 0.05) is 38.4 Å². The van der Waals surface area contributed by atoms with Crippen molar-refractivity contribution in [2.24, 2.45) is 0 Å². The molecule has 1 N–H and O–H groups in total. The third kappa shape index (κ3) is 4.20. The molecule has 0 aliphatic carbocycles. The summed E-state index contributed by atoms with van der Waals surface area (Å²) in [5.74, 6) is 4.33. The number of hydrogen-bond donors (Lipinski definition) is 1. The Balaban J connectivity index is 2.13. The minimum atomic E-state index is -0.342. The number of hydrogen-bond acceptors (Lipinski definition) is 3. The summed E-state index contributed by atoms with van der Waals surface area (Å²) in [5.41, 5.74) is 1.76. The zero-order valence-electron chi connectivity index (χ0n) is 12.4. The number of benzene rings is 1. The van der Waals surface area contributed by atoms with Gasteiger partial charge in [-0.25, -0.2) is 4.39 Å². The Bertz CT molecular complexity index is 569. The fourth-order valence-corrected chi connectivity index (χ4v) is 2.38. The second-order valence-electron chi connectivity index (χ2n) is 5.12. The van der Waals surface area contributed by atoms with Crippen LogP contribution in [-0.4, -0.2) is 44.0 Å². The van der Waals surface area contributed by atoms with Crippen LogP contribution in [0.15, 0.2) is 18.2 Å². The highest BCUT2D eigenvalue weighted by molar-refractivity contribution is 5.93. The van der Waals surface area contributed by atoms with E-state index in [4.69, 9.17) is 0 Å². The Morgan fingerprint density at radius 2 is 2.05 bits per heavy atom. The van der Waals surface area contributed by atoms with Gasteiger partial charge in [0.15, 0.2) is 0 Å². The predicted molar refractivity (Wildman–Crippen MR) is 81.4 cm³/mol. The second-order valence-corrected chi connectivity index (χ2v) is 5.12. The molecule has 1 saturated heterocycles. The summed E-state index contributed by atoms with van der Waals surface area (Å²) in [6.07, 6.45) is 0. The van der Waals surface area contributed by atoms with Crippen LogP contribution in [0.4, 0.5) is 10.1 Å². The van der Waals surface area contributed by atoms with Gasteiger partial charge in [0.05, 0.1) is 0 Å². The van der Waals surface area contributed by atoms with Crippen molar-refractivity contribution < 1.29 is 9.18 Å². The first-order valence-electron chi connectivity index (χ1n) is 7.02. The van der Waals surface area contributed by atoms with E-state index < -0.39 is 0 Å². The minimum Gasteiger partial charge on any atom is -0.369 e. The summed E-state index contributed by atoms with van der Waals surface area (Å²) in [4.78, 5) is 15.9. The van der Waals surface area contributed by atoms with Crippen LogP contribution in [0.2, 0.25) is 0 Å². The molecule has 1 heterocycles. The molecule has 112 valence electrons. The predicted octanol–water partition coefficient (Wildman–Crippen LogP) is 1.22. The van der Waals surface area contributed by atoms with Crippen LogP contribution in [0.3, 0.4) is 0 Å². The van der Waals surface area contributed by atoms with Crippen LogP contribution in [-0.2, 0) is 11.3 Å². The highest BCUT2D eigenvalue weighted by Crippen LogP contribution is 2.23. The highest BCUT2D eigenvalue weighted by atomic mass is 19.1. The normalized spacial score (nSPS) is 15.3. The number of anilines is 1. The largest absolute Gasteiger partial charge is 0.369 e. The number of carbonyl (C=O) groups is 1. The molecule has 2 rings (SSSR count). The molecule has 5 heteroatoms. The van der Waals surface area contributed by atoms with Gasteiger partial charge in [-0.1, -0.05) is 5.92 Å². The molecule has 0 radical (unpaired) electrons. The van der Waals surface area contributed by atoms with Crippen LogP contribution in [0.5, 0.6) is 0 Å². The molecule has 0 atom stereocenters. The lowest BCUT2D eigenvalue weighted by atomic mass is 10.1. The third-order valence-corrected chi connectivity index (χ3v) is 3.56. The van der Waals surface area contributed by atoms with E-state index in [2.05, 4.69) is 34.0 Å². The highest BCUT2D eigenvalue weighted by Gasteiger charge is 2.17.